The van der Waals surface area contributed by atoms with Gasteiger partial charge in [-0.1, -0.05) is 6.07 Å². The van der Waals surface area contributed by atoms with E-state index < -0.39 is 0 Å². The summed E-state index contributed by atoms with van der Waals surface area (Å²) in [4.78, 5) is 10.4. The van der Waals surface area contributed by atoms with Crippen molar-refractivity contribution in [2.45, 2.75) is 25.8 Å². The van der Waals surface area contributed by atoms with Crippen LogP contribution < -0.4 is 10.6 Å². The molecule has 1 heterocycles. The van der Waals surface area contributed by atoms with E-state index in [1.165, 1.54) is 6.07 Å². The van der Waals surface area contributed by atoms with Crippen LogP contribution in [0.3, 0.4) is 0 Å². The van der Waals surface area contributed by atoms with Gasteiger partial charge < -0.3 is 10.6 Å². The fourth-order valence-electron chi connectivity index (χ4n) is 2.11. The minimum atomic E-state index is -0.361. The monoisotopic (exact) mass is 235 g/mol. The Balaban J connectivity index is 2.25. The maximum Gasteiger partial charge on any atom is 0.271 e. The van der Waals surface area contributed by atoms with E-state index in [-0.39, 0.29) is 16.1 Å². The molecule has 1 unspecified atom stereocenters. The third-order valence-electron chi connectivity index (χ3n) is 3.24. The van der Waals surface area contributed by atoms with E-state index in [4.69, 9.17) is 0 Å². The Morgan fingerprint density at radius 1 is 1.53 bits per heavy atom. The Bertz CT molecular complexity index is 439. The smallest absolute Gasteiger partial charge is 0.271 e. The summed E-state index contributed by atoms with van der Waals surface area (Å²) in [5.41, 5.74) is 2.00. The predicted octanol–water partition coefficient (Wildman–Crippen LogP) is 2.07. The van der Waals surface area contributed by atoms with Crippen molar-refractivity contribution in [3.05, 3.63) is 33.9 Å². The van der Waals surface area contributed by atoms with Gasteiger partial charge in [0, 0.05) is 29.9 Å². The molecule has 0 amide bonds. The molecule has 0 bridgehead atoms. The summed E-state index contributed by atoms with van der Waals surface area (Å²) < 4.78 is 0. The molecule has 1 fully saturated rings. The van der Waals surface area contributed by atoms with Crippen LogP contribution in [0.1, 0.15) is 18.9 Å². The van der Waals surface area contributed by atoms with Gasteiger partial charge in [-0.3, -0.25) is 10.1 Å². The highest BCUT2D eigenvalue weighted by Crippen LogP contribution is 2.27. The van der Waals surface area contributed by atoms with Gasteiger partial charge in [-0.05, 0) is 32.4 Å². The van der Waals surface area contributed by atoms with Crippen LogP contribution in [0.5, 0.6) is 0 Å². The second-order valence-corrected chi connectivity index (χ2v) is 4.87. The molecule has 1 atom stereocenters. The van der Waals surface area contributed by atoms with Crippen molar-refractivity contribution >= 4 is 11.4 Å². The molecular formula is C12H17N3O2. The Morgan fingerprint density at radius 2 is 2.29 bits per heavy atom. The highest BCUT2D eigenvalue weighted by atomic mass is 16.6. The number of benzene rings is 1. The largest absolute Gasteiger partial charge is 0.378 e. The van der Waals surface area contributed by atoms with Crippen LogP contribution in [0.2, 0.25) is 0 Å². The van der Waals surface area contributed by atoms with E-state index in [0.717, 1.165) is 30.8 Å². The van der Waals surface area contributed by atoms with Crippen molar-refractivity contribution < 1.29 is 4.92 Å². The fourth-order valence-corrected chi connectivity index (χ4v) is 2.11. The van der Waals surface area contributed by atoms with E-state index in [2.05, 4.69) is 17.6 Å². The first-order valence-electron chi connectivity index (χ1n) is 5.74. The Hall–Kier alpha value is -1.62. The van der Waals surface area contributed by atoms with Crippen molar-refractivity contribution in [1.29, 1.82) is 0 Å². The second kappa shape index (κ2) is 4.33. The van der Waals surface area contributed by atoms with Gasteiger partial charge in [0.2, 0.25) is 0 Å². The lowest BCUT2D eigenvalue weighted by Crippen LogP contribution is -2.37. The highest BCUT2D eigenvalue weighted by molar-refractivity contribution is 5.58. The van der Waals surface area contributed by atoms with Gasteiger partial charge in [0.05, 0.1) is 4.92 Å². The lowest BCUT2D eigenvalue weighted by atomic mass is 10.0. The average molecular weight is 235 g/mol. The van der Waals surface area contributed by atoms with Gasteiger partial charge in [0.15, 0.2) is 0 Å². The van der Waals surface area contributed by atoms with Gasteiger partial charge in [-0.15, -0.1) is 0 Å². The van der Waals surface area contributed by atoms with Gasteiger partial charge in [-0.2, -0.15) is 0 Å². The Labute approximate surface area is 100 Å². The van der Waals surface area contributed by atoms with Crippen molar-refractivity contribution in [2.24, 2.45) is 0 Å². The summed E-state index contributed by atoms with van der Waals surface area (Å²) in [7, 11) is 0. The lowest BCUT2D eigenvalue weighted by molar-refractivity contribution is -0.384. The van der Waals surface area contributed by atoms with Crippen LogP contribution in [-0.4, -0.2) is 23.6 Å². The maximum absolute atomic E-state index is 10.7. The molecule has 0 spiro atoms. The summed E-state index contributed by atoms with van der Waals surface area (Å²) >= 11 is 0. The van der Waals surface area contributed by atoms with E-state index >= 15 is 0 Å². The quantitative estimate of drug-likeness (QED) is 0.621. The number of hydrogen-bond acceptors (Lipinski definition) is 4. The van der Waals surface area contributed by atoms with Gasteiger partial charge in [-0.25, -0.2) is 0 Å². The molecule has 2 rings (SSSR count). The molecule has 5 nitrogen and oxygen atoms in total. The molecule has 0 aliphatic carbocycles. The zero-order valence-electron chi connectivity index (χ0n) is 10.1. The van der Waals surface area contributed by atoms with Gasteiger partial charge in [0.25, 0.3) is 5.69 Å². The van der Waals surface area contributed by atoms with E-state index in [9.17, 15) is 10.1 Å². The van der Waals surface area contributed by atoms with Crippen molar-refractivity contribution in [3.8, 4) is 0 Å². The fraction of sp³-hybridized carbons (Fsp3) is 0.500. The van der Waals surface area contributed by atoms with Crippen LogP contribution in [0.15, 0.2) is 18.2 Å². The SMILES string of the molecule is Cc1ccc([N+](=O)[O-])cc1NC1(C)CCNC1. The molecule has 0 aromatic heterocycles. The van der Waals surface area contributed by atoms with Crippen LogP contribution >= 0.6 is 0 Å². The minimum Gasteiger partial charge on any atom is -0.378 e. The van der Waals surface area contributed by atoms with E-state index in [1.54, 1.807) is 12.1 Å². The van der Waals surface area contributed by atoms with E-state index in [0.29, 0.717) is 0 Å². The molecule has 5 heteroatoms. The summed E-state index contributed by atoms with van der Waals surface area (Å²) in [6, 6.07) is 4.93. The molecule has 0 saturated carbocycles. The standard InChI is InChI=1S/C12H17N3O2/c1-9-3-4-10(15(16)17)7-11(9)14-12(2)5-6-13-8-12/h3-4,7,13-14H,5-6,8H2,1-2H3. The number of nitro groups is 1. The molecule has 1 aliphatic rings. The summed E-state index contributed by atoms with van der Waals surface area (Å²) in [5.74, 6) is 0. The first-order chi connectivity index (χ1) is 8.00. The Morgan fingerprint density at radius 3 is 2.88 bits per heavy atom. The highest BCUT2D eigenvalue weighted by Gasteiger charge is 2.28. The maximum atomic E-state index is 10.7. The first kappa shape index (κ1) is 11.9. The number of hydrogen-bond donors (Lipinski definition) is 2. The molecule has 2 N–H and O–H groups in total. The number of anilines is 1. The Kier molecular flexibility index (Phi) is 3.02. The van der Waals surface area contributed by atoms with Crippen LogP contribution in [0, 0.1) is 17.0 Å². The minimum absolute atomic E-state index is 0.0139. The van der Waals surface area contributed by atoms with Crippen molar-refractivity contribution in [2.75, 3.05) is 18.4 Å². The second-order valence-electron chi connectivity index (χ2n) is 4.87. The number of nitrogens with zero attached hydrogens (tertiary/aromatic N) is 1. The van der Waals surface area contributed by atoms with Gasteiger partial charge in [0.1, 0.15) is 0 Å². The topological polar surface area (TPSA) is 67.2 Å². The molecule has 1 aliphatic heterocycles. The number of nitro benzene ring substituents is 1. The lowest BCUT2D eigenvalue weighted by Gasteiger charge is -2.26. The molecular weight excluding hydrogens is 218 g/mol. The normalized spacial score (nSPS) is 23.6. The van der Waals surface area contributed by atoms with Crippen LogP contribution in [0.4, 0.5) is 11.4 Å². The third-order valence-corrected chi connectivity index (χ3v) is 3.24. The summed E-state index contributed by atoms with van der Waals surface area (Å²) in [6.07, 6.45) is 1.02. The average Bonchev–Trinajstić information content (AvgIpc) is 2.68. The molecule has 1 aromatic carbocycles. The number of nitrogens with one attached hydrogen (secondary N) is 2. The molecule has 17 heavy (non-hydrogen) atoms. The zero-order valence-corrected chi connectivity index (χ0v) is 10.1. The number of non-ortho nitro benzene ring substituents is 1. The number of rotatable bonds is 3. The predicted molar refractivity (Wildman–Crippen MR) is 67.3 cm³/mol. The number of aryl methyl sites for hydroxylation is 1. The summed E-state index contributed by atoms with van der Waals surface area (Å²) in [6.45, 7) is 5.95. The first-order valence-corrected chi connectivity index (χ1v) is 5.74. The van der Waals surface area contributed by atoms with Crippen molar-refractivity contribution in [1.82, 2.24) is 5.32 Å². The molecule has 1 saturated heterocycles. The zero-order chi connectivity index (χ0) is 12.5. The molecule has 1 aromatic rings. The van der Waals surface area contributed by atoms with Crippen molar-refractivity contribution in [3.63, 3.8) is 0 Å². The van der Waals surface area contributed by atoms with Gasteiger partial charge >= 0.3 is 0 Å². The molecule has 0 radical (unpaired) electrons. The van der Waals surface area contributed by atoms with Crippen LogP contribution in [-0.2, 0) is 0 Å². The summed E-state index contributed by atoms with van der Waals surface area (Å²) in [5, 5.41) is 17.5. The van der Waals surface area contributed by atoms with Crippen LogP contribution in [0.25, 0.3) is 0 Å². The third kappa shape index (κ3) is 2.55. The van der Waals surface area contributed by atoms with E-state index in [1.807, 2.05) is 6.92 Å². The molecule has 92 valence electrons.